The van der Waals surface area contributed by atoms with Crippen LogP contribution in [0, 0.1) is 29.1 Å². The first-order valence-electron chi connectivity index (χ1n) is 11.4. The van der Waals surface area contributed by atoms with E-state index in [2.05, 4.69) is 0 Å². The molecule has 37 heavy (non-hydrogen) atoms. The summed E-state index contributed by atoms with van der Waals surface area (Å²) in [6, 6.07) is 0. The van der Waals surface area contributed by atoms with Crippen LogP contribution in [0.1, 0.15) is 111 Å². The van der Waals surface area contributed by atoms with Gasteiger partial charge in [-0.2, -0.15) is 0 Å². The summed E-state index contributed by atoms with van der Waals surface area (Å²) in [6.45, 7) is 9.71. The lowest BCUT2D eigenvalue weighted by Gasteiger charge is -2.26. The molecule has 2 saturated carbocycles. The van der Waals surface area contributed by atoms with Crippen molar-refractivity contribution in [2.45, 2.75) is 130 Å². The number of cyclic esters (lactones) is 1. The van der Waals surface area contributed by atoms with Crippen molar-refractivity contribution >= 4 is 23.9 Å². The highest BCUT2D eigenvalue weighted by molar-refractivity contribution is 5.82. The maximum Gasteiger partial charge on any atom is 0.347 e. The fourth-order valence-electron chi connectivity index (χ4n) is 4.50. The van der Waals surface area contributed by atoms with Crippen LogP contribution in [0.15, 0.2) is 0 Å². The van der Waals surface area contributed by atoms with E-state index < -0.39 is 17.5 Å². The molecule has 2 saturated heterocycles. The van der Waals surface area contributed by atoms with Gasteiger partial charge in [-0.25, -0.2) is 4.79 Å². The maximum absolute atomic E-state index is 11.8. The summed E-state index contributed by atoms with van der Waals surface area (Å²) in [7, 11) is 0. The third kappa shape index (κ3) is 8.71. The summed E-state index contributed by atoms with van der Waals surface area (Å²) in [5, 5.41) is 0. The van der Waals surface area contributed by atoms with E-state index in [4.69, 9.17) is 18.9 Å². The normalized spacial score (nSPS) is 28.4. The third-order valence-corrected chi connectivity index (χ3v) is 7.25. The third-order valence-electron chi connectivity index (χ3n) is 7.25. The number of esters is 4. The predicted molar refractivity (Wildman–Crippen MR) is 149 cm³/mol. The van der Waals surface area contributed by atoms with Crippen molar-refractivity contribution in [3.8, 4) is 0 Å². The van der Waals surface area contributed by atoms with E-state index in [1.807, 2.05) is 20.8 Å². The molecule has 0 aromatic heterocycles. The van der Waals surface area contributed by atoms with Crippen LogP contribution in [0.3, 0.4) is 0 Å². The Morgan fingerprint density at radius 1 is 0.973 bits per heavy atom. The molecule has 4 rings (SSSR count). The van der Waals surface area contributed by atoms with Crippen LogP contribution in [-0.4, -0.2) is 48.8 Å². The van der Waals surface area contributed by atoms with Crippen molar-refractivity contribution in [1.29, 1.82) is 0 Å². The molecule has 4 fully saturated rings. The SMILES string of the molecule is C.C.C.C.C.C.CCC(C)(C)C(=O)OC1CCOC1=O.CCC(C)C(=O)OC1C2CC3C(=O)OC1C3C2. The summed E-state index contributed by atoms with van der Waals surface area (Å²) in [5.74, 6) is -0.314. The van der Waals surface area contributed by atoms with Crippen molar-refractivity contribution in [1.82, 2.24) is 0 Å². The van der Waals surface area contributed by atoms with Crippen LogP contribution in [0.25, 0.3) is 0 Å². The minimum absolute atomic E-state index is 0. The second-order valence-corrected chi connectivity index (χ2v) is 9.70. The van der Waals surface area contributed by atoms with Crippen molar-refractivity contribution < 1.29 is 38.1 Å². The summed E-state index contributed by atoms with van der Waals surface area (Å²) in [5.41, 5.74) is -0.525. The summed E-state index contributed by atoms with van der Waals surface area (Å²) < 4.78 is 20.7. The molecular formula is C29H58O8. The van der Waals surface area contributed by atoms with E-state index >= 15 is 0 Å². The van der Waals surface area contributed by atoms with Gasteiger partial charge in [-0.3, -0.25) is 14.4 Å². The van der Waals surface area contributed by atoms with E-state index in [0.29, 0.717) is 31.3 Å². The first-order valence-corrected chi connectivity index (χ1v) is 11.4. The Labute approximate surface area is 227 Å². The Kier molecular flexibility index (Phi) is 18.9. The van der Waals surface area contributed by atoms with Gasteiger partial charge < -0.3 is 18.9 Å². The zero-order valence-corrected chi connectivity index (χ0v) is 19.1. The predicted octanol–water partition coefficient (Wildman–Crippen LogP) is 6.62. The maximum atomic E-state index is 11.8. The number of hydrogen-bond acceptors (Lipinski definition) is 8. The minimum atomic E-state index is -0.687. The molecule has 7 atom stereocenters. The van der Waals surface area contributed by atoms with E-state index in [-0.39, 0.29) is 86.5 Å². The van der Waals surface area contributed by atoms with Gasteiger partial charge in [0.2, 0.25) is 6.10 Å². The Morgan fingerprint density at radius 2 is 1.57 bits per heavy atom. The second-order valence-electron chi connectivity index (χ2n) is 9.70. The molecule has 0 aromatic rings. The summed E-state index contributed by atoms with van der Waals surface area (Å²) in [6.07, 6.45) is 2.76. The van der Waals surface area contributed by atoms with Crippen LogP contribution < -0.4 is 0 Å². The Balaban J connectivity index is -0.000000257. The minimum Gasteiger partial charge on any atom is -0.463 e. The molecule has 2 bridgehead atoms. The standard InChI is InChI=1S/C13H18O4.C10H16O4.6CH4/c1-3-6(2)12(14)16-10-7-4-8-9(5-7)13(15)17-11(8)10;1-4-10(2,3)9(12)14-7-5-6-13-8(7)11;;;;;;/h6-11H,3-5H2,1-2H3;7H,4-6H2,1-3H3;6*1H4. The van der Waals surface area contributed by atoms with Gasteiger partial charge in [0, 0.05) is 18.3 Å². The van der Waals surface area contributed by atoms with Crippen molar-refractivity contribution in [3.63, 3.8) is 0 Å². The van der Waals surface area contributed by atoms with Crippen molar-refractivity contribution in [3.05, 3.63) is 0 Å². The van der Waals surface area contributed by atoms with E-state index in [1.165, 1.54) is 0 Å². The molecule has 4 aliphatic rings. The molecule has 2 heterocycles. The number of hydrogen-bond donors (Lipinski definition) is 0. The van der Waals surface area contributed by atoms with Crippen molar-refractivity contribution in [2.24, 2.45) is 29.1 Å². The lowest BCUT2D eigenvalue weighted by Crippen LogP contribution is -2.37. The highest BCUT2D eigenvalue weighted by atomic mass is 16.6. The second kappa shape index (κ2) is 16.7. The lowest BCUT2D eigenvalue weighted by molar-refractivity contribution is -0.167. The van der Waals surface area contributed by atoms with Crippen LogP contribution in [0.2, 0.25) is 0 Å². The molecule has 2 aliphatic heterocycles. The monoisotopic (exact) mass is 534 g/mol. The molecular weight excluding hydrogens is 476 g/mol. The van der Waals surface area contributed by atoms with Gasteiger partial charge in [0.25, 0.3) is 0 Å². The highest BCUT2D eigenvalue weighted by Gasteiger charge is 2.63. The van der Waals surface area contributed by atoms with E-state index in [9.17, 15) is 19.2 Å². The molecule has 7 unspecified atom stereocenters. The van der Waals surface area contributed by atoms with Gasteiger partial charge in [-0.05, 0) is 39.5 Å². The van der Waals surface area contributed by atoms with E-state index in [0.717, 1.165) is 19.3 Å². The van der Waals surface area contributed by atoms with Crippen LogP contribution >= 0.6 is 0 Å². The quantitative estimate of drug-likeness (QED) is 0.276. The Morgan fingerprint density at radius 3 is 2.05 bits per heavy atom. The number of fused-ring (bicyclic) bond motifs is 1. The summed E-state index contributed by atoms with van der Waals surface area (Å²) >= 11 is 0. The molecule has 2 aliphatic carbocycles. The van der Waals surface area contributed by atoms with E-state index in [1.54, 1.807) is 13.8 Å². The van der Waals surface area contributed by atoms with Gasteiger partial charge >= 0.3 is 23.9 Å². The van der Waals surface area contributed by atoms with Gasteiger partial charge in [0.05, 0.1) is 23.9 Å². The topological polar surface area (TPSA) is 105 Å². The molecule has 0 N–H and O–H groups in total. The molecule has 8 nitrogen and oxygen atoms in total. The highest BCUT2D eigenvalue weighted by Crippen LogP contribution is 2.55. The first kappa shape index (κ1) is 42.0. The summed E-state index contributed by atoms with van der Waals surface area (Å²) in [4.78, 5) is 45.9. The van der Waals surface area contributed by atoms with Crippen LogP contribution in [0.5, 0.6) is 0 Å². The smallest absolute Gasteiger partial charge is 0.347 e. The molecule has 8 heteroatoms. The number of ether oxygens (including phenoxy) is 4. The molecule has 222 valence electrons. The first-order chi connectivity index (χ1) is 14.6. The fraction of sp³-hybridized carbons (Fsp3) is 0.862. The molecule has 0 amide bonds. The zero-order chi connectivity index (χ0) is 22.9. The largest absolute Gasteiger partial charge is 0.463 e. The molecule has 0 aromatic carbocycles. The number of carbonyl (C=O) groups excluding carboxylic acids is 4. The Hall–Kier alpha value is -2.12. The van der Waals surface area contributed by atoms with Gasteiger partial charge in [-0.1, -0.05) is 65.3 Å². The Bertz CT molecular complexity index is 731. The molecule has 0 spiro atoms. The number of carbonyl (C=O) groups is 4. The van der Waals surface area contributed by atoms with Gasteiger partial charge in [0.15, 0.2) is 0 Å². The molecule has 0 radical (unpaired) electrons. The number of rotatable bonds is 6. The van der Waals surface area contributed by atoms with Crippen LogP contribution in [-0.2, 0) is 38.1 Å². The fourth-order valence-corrected chi connectivity index (χ4v) is 4.50. The van der Waals surface area contributed by atoms with Gasteiger partial charge in [-0.15, -0.1) is 0 Å². The van der Waals surface area contributed by atoms with Crippen LogP contribution in [0.4, 0.5) is 0 Å². The average Bonchev–Trinajstić information content (AvgIpc) is 3.47. The van der Waals surface area contributed by atoms with Gasteiger partial charge in [0.1, 0.15) is 12.2 Å². The van der Waals surface area contributed by atoms with Crippen molar-refractivity contribution in [2.75, 3.05) is 6.61 Å². The lowest BCUT2D eigenvalue weighted by atomic mass is 9.88. The average molecular weight is 535 g/mol. The zero-order valence-electron chi connectivity index (χ0n) is 19.1.